The number of rotatable bonds is 2. The highest BCUT2D eigenvalue weighted by Gasteiger charge is 2.19. The molecule has 4 heteroatoms. The van der Waals surface area contributed by atoms with Crippen LogP contribution in [0.15, 0.2) is 59.4 Å². The number of hydrogen-bond acceptors (Lipinski definition) is 2. The topological polar surface area (TPSA) is 39.8 Å². The Bertz CT molecular complexity index is 1170. The fourth-order valence-electron chi connectivity index (χ4n) is 3.50. The first-order chi connectivity index (χ1) is 12.5. The van der Waals surface area contributed by atoms with Crippen molar-refractivity contribution in [2.45, 2.75) is 27.7 Å². The Balaban J connectivity index is 2.08. The van der Waals surface area contributed by atoms with Gasteiger partial charge in [-0.1, -0.05) is 35.9 Å². The van der Waals surface area contributed by atoms with Gasteiger partial charge in [-0.2, -0.15) is 0 Å². The van der Waals surface area contributed by atoms with E-state index in [9.17, 15) is 4.79 Å². The number of nitrogens with zero attached hydrogens (tertiary/aromatic N) is 3. The van der Waals surface area contributed by atoms with Crippen molar-refractivity contribution in [3.63, 3.8) is 0 Å². The monoisotopic (exact) mass is 343 g/mol. The van der Waals surface area contributed by atoms with Gasteiger partial charge in [0, 0.05) is 11.4 Å². The van der Waals surface area contributed by atoms with Crippen molar-refractivity contribution < 1.29 is 0 Å². The predicted octanol–water partition coefficient (Wildman–Crippen LogP) is 4.41. The molecule has 2 aromatic carbocycles. The third-order valence-electron chi connectivity index (χ3n) is 5.00. The molecule has 0 amide bonds. The lowest BCUT2D eigenvalue weighted by atomic mass is 10.2. The first kappa shape index (κ1) is 16.3. The van der Waals surface area contributed by atoms with Crippen LogP contribution in [0.25, 0.3) is 22.4 Å². The molecule has 0 aliphatic heterocycles. The van der Waals surface area contributed by atoms with Gasteiger partial charge < -0.3 is 0 Å². The van der Waals surface area contributed by atoms with Crippen molar-refractivity contribution in [2.24, 2.45) is 0 Å². The standard InChI is InChI=1S/C22H21N3O/c1-14-10-12-19(13-11-14)25-17(4)23-21-20(22(25)26)15(2)16(3)24(21)18-8-6-5-7-9-18/h5-13H,1-4H3. The molecule has 0 aliphatic carbocycles. The fraction of sp³-hybridized carbons (Fsp3) is 0.182. The minimum Gasteiger partial charge on any atom is -0.298 e. The van der Waals surface area contributed by atoms with Crippen LogP contribution in [0.2, 0.25) is 0 Å². The first-order valence-electron chi connectivity index (χ1n) is 8.73. The molecule has 2 aromatic heterocycles. The van der Waals surface area contributed by atoms with Crippen LogP contribution in [-0.2, 0) is 0 Å². The number of aromatic nitrogens is 3. The SMILES string of the molecule is Cc1ccc(-n2c(C)nc3c(c(C)c(C)n3-c3ccccc3)c2=O)cc1. The van der Waals surface area contributed by atoms with E-state index in [1.54, 1.807) is 4.57 Å². The van der Waals surface area contributed by atoms with E-state index in [2.05, 4.69) is 4.57 Å². The Morgan fingerprint density at radius 1 is 0.769 bits per heavy atom. The molecule has 0 N–H and O–H groups in total. The molecule has 0 spiro atoms. The summed E-state index contributed by atoms with van der Waals surface area (Å²) in [6, 6.07) is 18.0. The van der Waals surface area contributed by atoms with Gasteiger partial charge in [-0.15, -0.1) is 0 Å². The number of hydrogen-bond donors (Lipinski definition) is 0. The molecule has 4 nitrogen and oxygen atoms in total. The quantitative estimate of drug-likeness (QED) is 0.541. The Hall–Kier alpha value is -3.14. The highest BCUT2D eigenvalue weighted by molar-refractivity contribution is 5.83. The lowest BCUT2D eigenvalue weighted by molar-refractivity contribution is 0.882. The number of aryl methyl sites for hydroxylation is 3. The summed E-state index contributed by atoms with van der Waals surface area (Å²) in [6.45, 7) is 7.95. The zero-order valence-corrected chi connectivity index (χ0v) is 15.4. The summed E-state index contributed by atoms with van der Waals surface area (Å²) >= 11 is 0. The molecular weight excluding hydrogens is 322 g/mol. The average molecular weight is 343 g/mol. The van der Waals surface area contributed by atoms with Gasteiger partial charge in [0.25, 0.3) is 5.56 Å². The maximum absolute atomic E-state index is 13.4. The van der Waals surface area contributed by atoms with Gasteiger partial charge >= 0.3 is 0 Å². The van der Waals surface area contributed by atoms with Crippen LogP contribution in [0.4, 0.5) is 0 Å². The average Bonchev–Trinajstić information content (AvgIpc) is 2.88. The summed E-state index contributed by atoms with van der Waals surface area (Å²) in [5.41, 5.74) is 5.73. The minimum absolute atomic E-state index is 0.0216. The molecule has 0 unspecified atom stereocenters. The summed E-state index contributed by atoms with van der Waals surface area (Å²) in [6.07, 6.45) is 0. The fourth-order valence-corrected chi connectivity index (χ4v) is 3.50. The van der Waals surface area contributed by atoms with Crippen LogP contribution in [0.3, 0.4) is 0 Å². The molecule has 2 heterocycles. The van der Waals surface area contributed by atoms with Crippen LogP contribution < -0.4 is 5.56 Å². The van der Waals surface area contributed by atoms with Gasteiger partial charge in [-0.3, -0.25) is 13.9 Å². The molecular formula is C22H21N3O. The van der Waals surface area contributed by atoms with Crippen molar-refractivity contribution >= 4 is 11.0 Å². The molecule has 0 bridgehead atoms. The predicted molar refractivity (Wildman–Crippen MR) is 106 cm³/mol. The normalized spacial score (nSPS) is 11.2. The largest absolute Gasteiger partial charge is 0.298 e. The molecule has 0 saturated carbocycles. The van der Waals surface area contributed by atoms with Gasteiger partial charge in [-0.05, 0) is 57.5 Å². The number of para-hydroxylation sites is 1. The summed E-state index contributed by atoms with van der Waals surface area (Å²) in [5, 5.41) is 0.678. The van der Waals surface area contributed by atoms with Crippen molar-refractivity contribution in [2.75, 3.05) is 0 Å². The molecule has 4 aromatic rings. The van der Waals surface area contributed by atoms with Gasteiger partial charge in [0.1, 0.15) is 5.82 Å². The lowest BCUT2D eigenvalue weighted by Gasteiger charge is -2.12. The van der Waals surface area contributed by atoms with E-state index in [-0.39, 0.29) is 5.56 Å². The third kappa shape index (κ3) is 2.37. The van der Waals surface area contributed by atoms with Crippen molar-refractivity contribution in [1.29, 1.82) is 0 Å². The summed E-state index contributed by atoms with van der Waals surface area (Å²) in [5.74, 6) is 0.682. The van der Waals surface area contributed by atoms with E-state index < -0.39 is 0 Å². The molecule has 0 atom stereocenters. The zero-order chi connectivity index (χ0) is 18.4. The van der Waals surface area contributed by atoms with Crippen LogP contribution in [0.5, 0.6) is 0 Å². The van der Waals surface area contributed by atoms with Crippen LogP contribution in [0, 0.1) is 27.7 Å². The van der Waals surface area contributed by atoms with E-state index in [1.165, 1.54) is 0 Å². The zero-order valence-electron chi connectivity index (χ0n) is 15.4. The number of fused-ring (bicyclic) bond motifs is 1. The molecule has 0 radical (unpaired) electrons. The second-order valence-corrected chi connectivity index (χ2v) is 6.72. The second-order valence-electron chi connectivity index (χ2n) is 6.72. The molecule has 0 saturated heterocycles. The smallest absolute Gasteiger partial charge is 0.267 e. The molecule has 0 aliphatic rings. The highest BCUT2D eigenvalue weighted by Crippen LogP contribution is 2.26. The summed E-state index contributed by atoms with van der Waals surface area (Å²) < 4.78 is 3.77. The van der Waals surface area contributed by atoms with Gasteiger partial charge in [0.15, 0.2) is 5.65 Å². The molecule has 130 valence electrons. The van der Waals surface area contributed by atoms with E-state index >= 15 is 0 Å². The Labute approximate surface area is 152 Å². The minimum atomic E-state index is -0.0216. The molecule has 0 fully saturated rings. The van der Waals surface area contributed by atoms with Crippen molar-refractivity contribution in [1.82, 2.24) is 14.1 Å². The third-order valence-corrected chi connectivity index (χ3v) is 5.00. The Morgan fingerprint density at radius 2 is 1.38 bits per heavy atom. The Morgan fingerprint density at radius 3 is 2.04 bits per heavy atom. The maximum Gasteiger partial charge on any atom is 0.267 e. The lowest BCUT2D eigenvalue weighted by Crippen LogP contribution is -2.22. The van der Waals surface area contributed by atoms with Crippen LogP contribution >= 0.6 is 0 Å². The van der Waals surface area contributed by atoms with Crippen molar-refractivity contribution in [3.05, 3.63) is 87.6 Å². The van der Waals surface area contributed by atoms with E-state index in [4.69, 9.17) is 4.98 Å². The van der Waals surface area contributed by atoms with E-state index in [0.29, 0.717) is 11.2 Å². The van der Waals surface area contributed by atoms with Crippen molar-refractivity contribution in [3.8, 4) is 11.4 Å². The Kier molecular flexibility index (Phi) is 3.76. The van der Waals surface area contributed by atoms with Gasteiger partial charge in [0.05, 0.1) is 11.1 Å². The van der Waals surface area contributed by atoms with Crippen LogP contribution in [-0.4, -0.2) is 14.1 Å². The molecule has 4 rings (SSSR count). The number of benzene rings is 2. The highest BCUT2D eigenvalue weighted by atomic mass is 16.1. The summed E-state index contributed by atoms with van der Waals surface area (Å²) in [4.78, 5) is 18.2. The maximum atomic E-state index is 13.4. The van der Waals surface area contributed by atoms with Crippen LogP contribution in [0.1, 0.15) is 22.6 Å². The second kappa shape index (κ2) is 5.99. The van der Waals surface area contributed by atoms with E-state index in [0.717, 1.165) is 33.8 Å². The first-order valence-corrected chi connectivity index (χ1v) is 8.73. The summed E-state index contributed by atoms with van der Waals surface area (Å²) in [7, 11) is 0. The van der Waals surface area contributed by atoms with Gasteiger partial charge in [-0.25, -0.2) is 4.98 Å². The molecule has 26 heavy (non-hydrogen) atoms. The van der Waals surface area contributed by atoms with E-state index in [1.807, 2.05) is 82.3 Å². The van der Waals surface area contributed by atoms with Gasteiger partial charge in [0.2, 0.25) is 0 Å².